The van der Waals surface area contributed by atoms with Crippen LogP contribution in [0.4, 0.5) is 24.8 Å². The van der Waals surface area contributed by atoms with E-state index in [0.29, 0.717) is 11.1 Å². The average molecular weight is 516 g/mol. The Morgan fingerprint density at radius 1 is 1.09 bits per heavy atom. The Morgan fingerprint density at radius 2 is 1.79 bits per heavy atom. The molecule has 3 aromatic rings. The van der Waals surface area contributed by atoms with E-state index < -0.39 is 34.9 Å². The van der Waals surface area contributed by atoms with Crippen LogP contribution in [0.3, 0.4) is 0 Å². The van der Waals surface area contributed by atoms with Crippen molar-refractivity contribution in [3.63, 3.8) is 0 Å². The van der Waals surface area contributed by atoms with Crippen molar-refractivity contribution in [1.82, 2.24) is 25.3 Å². The highest BCUT2D eigenvalue weighted by molar-refractivity contribution is 7.13. The summed E-state index contributed by atoms with van der Waals surface area (Å²) < 4.78 is 39.0. The molecular formula is C19H17ClF3N7O3S. The van der Waals surface area contributed by atoms with E-state index in [-0.39, 0.29) is 28.1 Å². The molecule has 0 spiro atoms. The second-order valence-electron chi connectivity index (χ2n) is 6.86. The van der Waals surface area contributed by atoms with Crippen LogP contribution in [0.15, 0.2) is 30.9 Å². The number of aliphatic hydroxyl groups is 1. The molecular weight excluding hydrogens is 499 g/mol. The Balaban J connectivity index is 1.66. The predicted molar refractivity (Wildman–Crippen MR) is 117 cm³/mol. The molecule has 0 aliphatic carbocycles. The first-order valence-corrected chi connectivity index (χ1v) is 10.7. The molecule has 34 heavy (non-hydrogen) atoms. The number of nitrogens with one attached hydrogen (secondary N) is 3. The lowest BCUT2D eigenvalue weighted by molar-refractivity contribution is -0.137. The van der Waals surface area contributed by atoms with Crippen molar-refractivity contribution in [3.8, 4) is 0 Å². The van der Waals surface area contributed by atoms with Crippen molar-refractivity contribution in [3.05, 3.63) is 57.0 Å². The van der Waals surface area contributed by atoms with Gasteiger partial charge in [0.1, 0.15) is 34.1 Å². The molecule has 2 atom stereocenters. The Morgan fingerprint density at radius 3 is 2.47 bits per heavy atom. The molecule has 0 radical (unpaired) electrons. The highest BCUT2D eigenvalue weighted by atomic mass is 35.5. The van der Waals surface area contributed by atoms with Crippen molar-refractivity contribution in [2.75, 3.05) is 10.6 Å². The van der Waals surface area contributed by atoms with Crippen LogP contribution in [0, 0.1) is 0 Å². The fourth-order valence-electron chi connectivity index (χ4n) is 2.66. The van der Waals surface area contributed by atoms with Crippen LogP contribution in [0.5, 0.6) is 0 Å². The first kappa shape index (κ1) is 25.4. The van der Waals surface area contributed by atoms with Crippen molar-refractivity contribution in [1.29, 1.82) is 0 Å². The van der Waals surface area contributed by atoms with Gasteiger partial charge in [-0.1, -0.05) is 11.6 Å². The third-order valence-corrected chi connectivity index (χ3v) is 5.68. The number of halogens is 4. The highest BCUT2D eigenvalue weighted by Crippen LogP contribution is 2.35. The molecule has 4 N–H and O–H groups in total. The second-order valence-corrected chi connectivity index (χ2v) is 8.33. The van der Waals surface area contributed by atoms with Crippen LogP contribution in [0.25, 0.3) is 0 Å². The summed E-state index contributed by atoms with van der Waals surface area (Å²) in [4.78, 5) is 39.4. The van der Waals surface area contributed by atoms with Crippen molar-refractivity contribution in [2.45, 2.75) is 32.3 Å². The molecule has 3 aromatic heterocycles. The number of nitrogens with zero attached hydrogens (tertiary/aromatic N) is 4. The monoisotopic (exact) mass is 515 g/mol. The van der Waals surface area contributed by atoms with E-state index in [0.717, 1.165) is 17.5 Å². The van der Waals surface area contributed by atoms with Gasteiger partial charge >= 0.3 is 6.18 Å². The number of carbonyl (C=O) groups is 2. The molecule has 0 aromatic carbocycles. The van der Waals surface area contributed by atoms with Crippen molar-refractivity contribution >= 4 is 46.4 Å². The third-order valence-electron chi connectivity index (χ3n) is 4.20. The molecule has 0 aliphatic heterocycles. The van der Waals surface area contributed by atoms with Gasteiger partial charge in [0.15, 0.2) is 0 Å². The number of pyridine rings is 1. The van der Waals surface area contributed by atoms with E-state index in [9.17, 15) is 27.9 Å². The maximum atomic E-state index is 13.0. The topological polar surface area (TPSA) is 142 Å². The summed E-state index contributed by atoms with van der Waals surface area (Å²) in [6, 6.07) is 1.49. The number of aromatic nitrogens is 4. The lowest BCUT2D eigenvalue weighted by atomic mass is 10.2. The fourth-order valence-corrected chi connectivity index (χ4v) is 3.69. The molecule has 3 heterocycles. The number of thiazole rings is 1. The molecule has 180 valence electrons. The smallest absolute Gasteiger partial charge is 0.373 e. The van der Waals surface area contributed by atoms with Crippen LogP contribution in [-0.4, -0.2) is 36.9 Å². The molecule has 0 saturated heterocycles. The number of rotatable bonds is 7. The van der Waals surface area contributed by atoms with Crippen LogP contribution >= 0.6 is 22.9 Å². The van der Waals surface area contributed by atoms with Gasteiger partial charge in [-0.25, -0.2) is 19.9 Å². The Hall–Kier alpha value is -3.20. The molecule has 2 unspecified atom stereocenters. The van der Waals surface area contributed by atoms with Gasteiger partial charge in [-0.05, 0) is 13.0 Å². The van der Waals surface area contributed by atoms with Gasteiger partial charge in [0.05, 0.1) is 28.5 Å². The first-order valence-electron chi connectivity index (χ1n) is 9.47. The van der Waals surface area contributed by atoms with Gasteiger partial charge in [-0.3, -0.25) is 14.9 Å². The summed E-state index contributed by atoms with van der Waals surface area (Å²) in [7, 11) is 0. The van der Waals surface area contributed by atoms with Gasteiger partial charge in [-0.2, -0.15) is 13.2 Å². The molecule has 0 fully saturated rings. The Bertz CT molecular complexity index is 1210. The molecule has 2 amide bonds. The standard InChI is InChI=1S/C19H17ClF3N7O3S/c1-8(28-16(32)12-4-15(27-7-26-12)29-9(2)31)18-25-6-13(34-18)17(33)30-14-3-10(19(21,22)23)11(20)5-24-14/h3-8,16,28,32H,1-2H3,(H,24,30,33)(H,26,27,29,31). The molecule has 0 bridgehead atoms. The SMILES string of the molecule is CC(=O)Nc1cc(C(O)NC(C)c2ncc(C(=O)Nc3cc(C(F)(F)F)c(Cl)cn3)s2)ncn1. The number of alkyl halides is 3. The van der Waals surface area contributed by atoms with E-state index in [1.54, 1.807) is 6.92 Å². The molecule has 10 nitrogen and oxygen atoms in total. The number of hydrogen-bond acceptors (Lipinski definition) is 9. The van der Waals surface area contributed by atoms with Crippen LogP contribution in [-0.2, 0) is 11.0 Å². The van der Waals surface area contributed by atoms with E-state index in [1.165, 1.54) is 25.5 Å². The normalized spacial score (nSPS) is 13.3. The summed E-state index contributed by atoms with van der Waals surface area (Å²) in [6.07, 6.45) is -2.72. The van der Waals surface area contributed by atoms with Gasteiger partial charge < -0.3 is 15.7 Å². The van der Waals surface area contributed by atoms with Crippen LogP contribution in [0.2, 0.25) is 5.02 Å². The molecule has 0 aliphatic rings. The van der Waals surface area contributed by atoms with Gasteiger partial charge in [0.2, 0.25) is 5.91 Å². The number of carbonyl (C=O) groups excluding carboxylic acids is 2. The highest BCUT2D eigenvalue weighted by Gasteiger charge is 2.34. The lowest BCUT2D eigenvalue weighted by Crippen LogP contribution is -2.25. The quantitative estimate of drug-likeness (QED) is 0.350. The number of amides is 2. The van der Waals surface area contributed by atoms with Crippen LogP contribution in [0.1, 0.15) is 52.1 Å². The minimum Gasteiger partial charge on any atom is -0.373 e. The van der Waals surface area contributed by atoms with E-state index in [4.69, 9.17) is 11.6 Å². The zero-order valence-corrected chi connectivity index (χ0v) is 19.1. The summed E-state index contributed by atoms with van der Waals surface area (Å²) in [5.74, 6) is -1.16. The molecule has 3 rings (SSSR count). The Labute approximate surface area is 199 Å². The van der Waals surface area contributed by atoms with E-state index >= 15 is 0 Å². The van der Waals surface area contributed by atoms with Crippen molar-refractivity contribution < 1.29 is 27.9 Å². The van der Waals surface area contributed by atoms with E-state index in [1.807, 2.05) is 0 Å². The minimum absolute atomic E-state index is 0.110. The van der Waals surface area contributed by atoms with Crippen molar-refractivity contribution in [2.24, 2.45) is 0 Å². The number of anilines is 2. The first-order chi connectivity index (χ1) is 15.9. The zero-order valence-electron chi connectivity index (χ0n) is 17.5. The second kappa shape index (κ2) is 10.4. The summed E-state index contributed by atoms with van der Waals surface area (Å²) in [5.41, 5.74) is -0.933. The summed E-state index contributed by atoms with van der Waals surface area (Å²) >= 11 is 6.50. The average Bonchev–Trinajstić information content (AvgIpc) is 3.24. The minimum atomic E-state index is -4.70. The maximum absolute atomic E-state index is 13.0. The number of aliphatic hydroxyl groups excluding tert-OH is 1. The maximum Gasteiger partial charge on any atom is 0.418 e. The lowest BCUT2D eigenvalue weighted by Gasteiger charge is -2.17. The van der Waals surface area contributed by atoms with Crippen LogP contribution < -0.4 is 16.0 Å². The Kier molecular flexibility index (Phi) is 7.76. The third kappa shape index (κ3) is 6.44. The van der Waals surface area contributed by atoms with Gasteiger partial charge in [0.25, 0.3) is 5.91 Å². The summed E-state index contributed by atoms with van der Waals surface area (Å²) in [6.45, 7) is 2.99. The fraction of sp³-hybridized carbons (Fsp3) is 0.263. The number of hydrogen-bond donors (Lipinski definition) is 4. The van der Waals surface area contributed by atoms with E-state index in [2.05, 4.69) is 35.9 Å². The summed E-state index contributed by atoms with van der Waals surface area (Å²) in [5, 5.41) is 17.8. The molecule has 15 heteroatoms. The predicted octanol–water partition coefficient (Wildman–Crippen LogP) is 3.55. The van der Waals surface area contributed by atoms with Gasteiger partial charge in [-0.15, -0.1) is 11.3 Å². The largest absolute Gasteiger partial charge is 0.418 e. The zero-order chi connectivity index (χ0) is 25.0. The molecule has 0 saturated carbocycles. The van der Waals surface area contributed by atoms with Gasteiger partial charge in [0, 0.05) is 19.2 Å².